The van der Waals surface area contributed by atoms with Crippen molar-refractivity contribution in [2.75, 3.05) is 0 Å². The van der Waals surface area contributed by atoms with Crippen LogP contribution in [0.4, 0.5) is 0 Å². The van der Waals surface area contributed by atoms with Crippen LogP contribution in [0.15, 0.2) is 40.3 Å². The van der Waals surface area contributed by atoms with Crippen LogP contribution in [0, 0.1) is 11.3 Å². The quantitative estimate of drug-likeness (QED) is 0.362. The number of hydrogen-bond acceptors (Lipinski definition) is 5. The van der Waals surface area contributed by atoms with Crippen molar-refractivity contribution >= 4 is 29.6 Å². The van der Waals surface area contributed by atoms with E-state index in [0.29, 0.717) is 27.7 Å². The predicted molar refractivity (Wildman–Crippen MR) is 118 cm³/mol. The summed E-state index contributed by atoms with van der Waals surface area (Å²) in [5.74, 6) is -0.182. The minimum atomic E-state index is -0.486. The predicted octanol–water partition coefficient (Wildman–Crippen LogP) is 5.52. The number of ether oxygens (including phenoxy) is 1. The summed E-state index contributed by atoms with van der Waals surface area (Å²) in [7, 11) is 0. The third-order valence-electron chi connectivity index (χ3n) is 5.03. The first-order valence-electron chi connectivity index (χ1n) is 10.4. The molecule has 7 heteroatoms. The highest BCUT2D eigenvalue weighted by atomic mass is 35.5. The topological polar surface area (TPSA) is 92.3 Å². The van der Waals surface area contributed by atoms with Gasteiger partial charge in [-0.1, -0.05) is 30.9 Å². The molecule has 0 spiro atoms. The van der Waals surface area contributed by atoms with E-state index in [0.717, 1.165) is 25.7 Å². The van der Waals surface area contributed by atoms with Crippen LogP contribution < -0.4 is 5.32 Å². The SMILES string of the molecule is CC(C)OC(=O)c1ccc(Cl)cc1-c1ccc(/C=C(\C#N)C(=O)NC2CCCCC2)o1. The molecule has 1 heterocycles. The second-order valence-corrected chi connectivity index (χ2v) is 8.26. The van der Waals surface area contributed by atoms with Crippen molar-refractivity contribution in [3.63, 3.8) is 0 Å². The Morgan fingerprint density at radius 3 is 2.65 bits per heavy atom. The molecule has 0 saturated heterocycles. The van der Waals surface area contributed by atoms with Gasteiger partial charge in [0.2, 0.25) is 0 Å². The average Bonchev–Trinajstić information content (AvgIpc) is 3.20. The van der Waals surface area contributed by atoms with Crippen molar-refractivity contribution in [1.29, 1.82) is 5.26 Å². The summed E-state index contributed by atoms with van der Waals surface area (Å²) < 4.78 is 11.1. The smallest absolute Gasteiger partial charge is 0.339 e. The van der Waals surface area contributed by atoms with Gasteiger partial charge < -0.3 is 14.5 Å². The van der Waals surface area contributed by atoms with Gasteiger partial charge in [0.05, 0.1) is 11.7 Å². The number of amides is 1. The lowest BCUT2D eigenvalue weighted by Crippen LogP contribution is -2.36. The number of nitrogens with one attached hydrogen (secondary N) is 1. The fourth-order valence-electron chi connectivity index (χ4n) is 3.55. The molecule has 1 amide bonds. The van der Waals surface area contributed by atoms with Crippen LogP contribution >= 0.6 is 11.6 Å². The minimum absolute atomic E-state index is 0.0305. The summed E-state index contributed by atoms with van der Waals surface area (Å²) in [5.41, 5.74) is 0.763. The highest BCUT2D eigenvalue weighted by molar-refractivity contribution is 6.31. The molecule has 0 radical (unpaired) electrons. The lowest BCUT2D eigenvalue weighted by molar-refractivity contribution is -0.117. The first kappa shape index (κ1) is 22.6. The lowest BCUT2D eigenvalue weighted by atomic mass is 9.95. The van der Waals surface area contributed by atoms with Gasteiger partial charge in [-0.3, -0.25) is 4.79 Å². The van der Waals surface area contributed by atoms with Crippen LogP contribution in [0.1, 0.15) is 62.1 Å². The number of nitrogens with zero attached hydrogens (tertiary/aromatic N) is 1. The number of nitriles is 1. The zero-order chi connectivity index (χ0) is 22.4. The second-order valence-electron chi connectivity index (χ2n) is 7.82. The normalized spacial score (nSPS) is 14.9. The van der Waals surface area contributed by atoms with E-state index in [1.54, 1.807) is 44.2 Å². The molecule has 1 saturated carbocycles. The number of rotatable bonds is 6. The molecule has 3 rings (SSSR count). The van der Waals surface area contributed by atoms with Crippen molar-refractivity contribution < 1.29 is 18.7 Å². The number of hydrogen-bond donors (Lipinski definition) is 1. The molecule has 0 bridgehead atoms. The van der Waals surface area contributed by atoms with Gasteiger partial charge >= 0.3 is 5.97 Å². The molecule has 1 aliphatic carbocycles. The van der Waals surface area contributed by atoms with Gasteiger partial charge in [-0.2, -0.15) is 5.26 Å². The van der Waals surface area contributed by atoms with Gasteiger partial charge in [0.1, 0.15) is 23.2 Å². The van der Waals surface area contributed by atoms with E-state index in [2.05, 4.69) is 5.32 Å². The number of carbonyl (C=O) groups is 2. The van der Waals surface area contributed by atoms with E-state index in [1.165, 1.54) is 12.5 Å². The highest BCUT2D eigenvalue weighted by Gasteiger charge is 2.20. The third-order valence-corrected chi connectivity index (χ3v) is 5.26. The van der Waals surface area contributed by atoms with Crippen molar-refractivity contribution in [2.24, 2.45) is 0 Å². The van der Waals surface area contributed by atoms with Crippen LogP contribution in [-0.4, -0.2) is 24.0 Å². The largest absolute Gasteiger partial charge is 0.459 e. The molecule has 0 unspecified atom stereocenters. The van der Waals surface area contributed by atoms with Crippen LogP contribution in [0.25, 0.3) is 17.4 Å². The van der Waals surface area contributed by atoms with E-state index in [1.807, 2.05) is 6.07 Å². The van der Waals surface area contributed by atoms with Crippen LogP contribution in [0.5, 0.6) is 0 Å². The molecular weight excluding hydrogens is 416 g/mol. The van der Waals surface area contributed by atoms with Gasteiger partial charge in [0.25, 0.3) is 5.91 Å². The Morgan fingerprint density at radius 2 is 1.97 bits per heavy atom. The van der Waals surface area contributed by atoms with Gasteiger partial charge in [-0.25, -0.2) is 4.79 Å². The average molecular weight is 441 g/mol. The molecule has 31 heavy (non-hydrogen) atoms. The number of esters is 1. The summed E-state index contributed by atoms with van der Waals surface area (Å²) in [4.78, 5) is 24.9. The molecule has 2 aromatic rings. The molecule has 1 aromatic heterocycles. The molecule has 0 aliphatic heterocycles. The van der Waals surface area contributed by atoms with Gasteiger partial charge in [-0.05, 0) is 57.0 Å². The Labute approximate surface area is 186 Å². The van der Waals surface area contributed by atoms with E-state index >= 15 is 0 Å². The Kier molecular flexibility index (Phi) is 7.54. The highest BCUT2D eigenvalue weighted by Crippen LogP contribution is 2.30. The standard InChI is InChI=1S/C24H25ClN2O4/c1-15(2)30-24(29)20-10-8-17(25)13-21(20)22-11-9-19(31-22)12-16(14-26)23(28)27-18-6-4-3-5-7-18/h8-13,15,18H,3-7H2,1-2H3,(H,27,28)/b16-12+. The Hall–Kier alpha value is -3.04. The Balaban J connectivity index is 1.83. The molecule has 1 fully saturated rings. The summed E-state index contributed by atoms with van der Waals surface area (Å²) >= 11 is 6.12. The minimum Gasteiger partial charge on any atom is -0.459 e. The maximum atomic E-state index is 12.5. The van der Waals surface area contributed by atoms with Crippen LogP contribution in [-0.2, 0) is 9.53 Å². The molecule has 162 valence electrons. The number of carbonyl (C=O) groups excluding carboxylic acids is 2. The fourth-order valence-corrected chi connectivity index (χ4v) is 3.72. The molecule has 6 nitrogen and oxygen atoms in total. The van der Waals surface area contributed by atoms with E-state index in [9.17, 15) is 14.9 Å². The monoisotopic (exact) mass is 440 g/mol. The third kappa shape index (κ3) is 5.99. The van der Waals surface area contributed by atoms with Crippen LogP contribution in [0.3, 0.4) is 0 Å². The van der Waals surface area contributed by atoms with Crippen molar-refractivity contribution in [2.45, 2.75) is 58.1 Å². The molecule has 1 aliphatic rings. The first-order valence-corrected chi connectivity index (χ1v) is 10.8. The molecule has 1 aromatic carbocycles. The maximum Gasteiger partial charge on any atom is 0.339 e. The summed E-state index contributed by atoms with van der Waals surface area (Å²) in [5, 5.41) is 12.8. The fraction of sp³-hybridized carbons (Fsp3) is 0.375. The van der Waals surface area contributed by atoms with Crippen molar-refractivity contribution in [1.82, 2.24) is 5.32 Å². The number of furan rings is 1. The first-order chi connectivity index (χ1) is 14.9. The van der Waals surface area contributed by atoms with Gasteiger partial charge in [-0.15, -0.1) is 0 Å². The molecule has 1 N–H and O–H groups in total. The van der Waals surface area contributed by atoms with Gasteiger partial charge in [0.15, 0.2) is 0 Å². The maximum absolute atomic E-state index is 12.5. The zero-order valence-corrected chi connectivity index (χ0v) is 18.4. The molecule has 0 atom stereocenters. The Morgan fingerprint density at radius 1 is 1.23 bits per heavy atom. The number of benzene rings is 1. The summed E-state index contributed by atoms with van der Waals surface area (Å²) in [6.45, 7) is 3.54. The van der Waals surface area contributed by atoms with Gasteiger partial charge in [0, 0.05) is 22.7 Å². The van der Waals surface area contributed by atoms with E-state index in [-0.39, 0.29) is 17.7 Å². The lowest BCUT2D eigenvalue weighted by Gasteiger charge is -2.22. The number of halogens is 1. The Bertz CT molecular complexity index is 1030. The van der Waals surface area contributed by atoms with E-state index in [4.69, 9.17) is 20.8 Å². The molecular formula is C24H25ClN2O4. The zero-order valence-electron chi connectivity index (χ0n) is 17.6. The van der Waals surface area contributed by atoms with Crippen LogP contribution in [0.2, 0.25) is 5.02 Å². The van der Waals surface area contributed by atoms with E-state index < -0.39 is 11.9 Å². The van der Waals surface area contributed by atoms with Crippen molar-refractivity contribution in [3.8, 4) is 17.4 Å². The van der Waals surface area contributed by atoms with Crippen molar-refractivity contribution in [3.05, 3.63) is 52.3 Å². The summed E-state index contributed by atoms with van der Waals surface area (Å²) in [6.07, 6.45) is 6.33. The summed E-state index contributed by atoms with van der Waals surface area (Å²) in [6, 6.07) is 10.2. The second kappa shape index (κ2) is 10.3.